The average molecular weight is 242 g/mol. The van der Waals surface area contributed by atoms with Gasteiger partial charge in [0.2, 0.25) is 5.91 Å². The molecule has 0 saturated heterocycles. The molecule has 6 heteroatoms. The van der Waals surface area contributed by atoms with Gasteiger partial charge in [-0.3, -0.25) is 14.5 Å². The lowest BCUT2D eigenvalue weighted by Gasteiger charge is -2.19. The van der Waals surface area contributed by atoms with E-state index in [0.717, 1.165) is 18.7 Å². The molecule has 0 aliphatic carbocycles. The molecular formula is C10H18N4OS. The van der Waals surface area contributed by atoms with Gasteiger partial charge in [-0.1, -0.05) is 6.92 Å². The van der Waals surface area contributed by atoms with Crippen LogP contribution in [0.2, 0.25) is 0 Å². The molecule has 1 amide bonds. The normalized spacial score (nSPS) is 12.5. The Morgan fingerprint density at radius 3 is 2.75 bits per heavy atom. The molecule has 1 rings (SSSR count). The maximum absolute atomic E-state index is 11.9. The zero-order valence-corrected chi connectivity index (χ0v) is 11.0. The highest BCUT2D eigenvalue weighted by atomic mass is 32.1. The standard InChI is InChI=1S/C10H18N4OS/c1-5-6-8-11-12-10(16)14(8)7(2)9(15)13(3)4/h7H,5-6H2,1-4H3,(H,12,16). The van der Waals surface area contributed by atoms with Gasteiger partial charge < -0.3 is 4.90 Å². The van der Waals surface area contributed by atoms with Crippen LogP contribution in [0.15, 0.2) is 0 Å². The summed E-state index contributed by atoms with van der Waals surface area (Å²) in [7, 11) is 3.48. The molecule has 16 heavy (non-hydrogen) atoms. The Bertz CT molecular complexity index is 421. The van der Waals surface area contributed by atoms with Gasteiger partial charge >= 0.3 is 0 Å². The second kappa shape index (κ2) is 5.25. The van der Waals surface area contributed by atoms with Crippen molar-refractivity contribution < 1.29 is 4.79 Å². The molecule has 1 N–H and O–H groups in total. The van der Waals surface area contributed by atoms with E-state index in [-0.39, 0.29) is 11.9 Å². The van der Waals surface area contributed by atoms with Crippen molar-refractivity contribution >= 4 is 18.1 Å². The number of aromatic nitrogens is 3. The van der Waals surface area contributed by atoms with Crippen LogP contribution in [0, 0.1) is 4.77 Å². The molecule has 0 bridgehead atoms. The largest absolute Gasteiger partial charge is 0.347 e. The van der Waals surface area contributed by atoms with E-state index < -0.39 is 0 Å². The topological polar surface area (TPSA) is 53.9 Å². The molecule has 5 nitrogen and oxygen atoms in total. The molecule has 1 aromatic heterocycles. The van der Waals surface area contributed by atoms with E-state index in [1.165, 1.54) is 0 Å². The summed E-state index contributed by atoms with van der Waals surface area (Å²) in [6.07, 6.45) is 1.79. The van der Waals surface area contributed by atoms with Crippen molar-refractivity contribution in [3.8, 4) is 0 Å². The summed E-state index contributed by atoms with van der Waals surface area (Å²) in [6.45, 7) is 3.91. The highest BCUT2D eigenvalue weighted by molar-refractivity contribution is 7.71. The van der Waals surface area contributed by atoms with Crippen molar-refractivity contribution in [2.24, 2.45) is 0 Å². The highest BCUT2D eigenvalue weighted by Gasteiger charge is 2.20. The first-order chi connectivity index (χ1) is 7.49. The van der Waals surface area contributed by atoms with Gasteiger partial charge in [-0.05, 0) is 25.6 Å². The lowest BCUT2D eigenvalue weighted by molar-refractivity contribution is -0.131. The Balaban J connectivity index is 3.06. The zero-order chi connectivity index (χ0) is 12.3. The van der Waals surface area contributed by atoms with Gasteiger partial charge in [0.1, 0.15) is 11.9 Å². The van der Waals surface area contributed by atoms with E-state index in [4.69, 9.17) is 12.2 Å². The number of rotatable bonds is 4. The molecule has 1 aromatic rings. The summed E-state index contributed by atoms with van der Waals surface area (Å²) in [6, 6.07) is -0.303. The molecule has 0 spiro atoms. The lowest BCUT2D eigenvalue weighted by atomic mass is 10.2. The molecule has 0 aromatic carbocycles. The van der Waals surface area contributed by atoms with Gasteiger partial charge in [0.15, 0.2) is 4.77 Å². The van der Waals surface area contributed by atoms with Crippen LogP contribution in [0.25, 0.3) is 0 Å². The second-order valence-electron chi connectivity index (χ2n) is 3.97. The van der Waals surface area contributed by atoms with Gasteiger partial charge in [-0.2, -0.15) is 5.10 Å². The van der Waals surface area contributed by atoms with E-state index in [0.29, 0.717) is 4.77 Å². The summed E-state index contributed by atoms with van der Waals surface area (Å²) in [5.41, 5.74) is 0. The van der Waals surface area contributed by atoms with E-state index in [2.05, 4.69) is 17.1 Å². The molecule has 90 valence electrons. The number of hydrogen-bond donors (Lipinski definition) is 1. The molecule has 0 aliphatic heterocycles. The minimum atomic E-state index is -0.303. The summed E-state index contributed by atoms with van der Waals surface area (Å²) >= 11 is 5.14. The van der Waals surface area contributed by atoms with Gasteiger partial charge in [-0.15, -0.1) is 0 Å². The number of H-pyrrole nitrogens is 1. The zero-order valence-electron chi connectivity index (χ0n) is 10.1. The van der Waals surface area contributed by atoms with Crippen LogP contribution in [0.4, 0.5) is 0 Å². The number of carbonyl (C=O) groups is 1. The second-order valence-corrected chi connectivity index (χ2v) is 4.36. The van der Waals surface area contributed by atoms with Crippen LogP contribution in [0.5, 0.6) is 0 Å². The van der Waals surface area contributed by atoms with Gasteiger partial charge in [0.25, 0.3) is 0 Å². The molecule has 0 radical (unpaired) electrons. The third kappa shape index (κ3) is 2.49. The number of nitrogens with one attached hydrogen (secondary N) is 1. The third-order valence-electron chi connectivity index (χ3n) is 2.44. The van der Waals surface area contributed by atoms with Gasteiger partial charge in [0.05, 0.1) is 0 Å². The summed E-state index contributed by atoms with van der Waals surface area (Å²) < 4.78 is 2.30. The van der Waals surface area contributed by atoms with E-state index in [9.17, 15) is 4.79 Å². The number of nitrogens with zero attached hydrogens (tertiary/aromatic N) is 3. The monoisotopic (exact) mass is 242 g/mol. The molecule has 1 heterocycles. The van der Waals surface area contributed by atoms with Gasteiger partial charge in [-0.25, -0.2) is 0 Å². The van der Waals surface area contributed by atoms with Crippen LogP contribution in [0.3, 0.4) is 0 Å². The molecule has 0 fully saturated rings. The Kier molecular flexibility index (Phi) is 4.23. The quantitative estimate of drug-likeness (QED) is 0.815. The van der Waals surface area contributed by atoms with Crippen molar-refractivity contribution in [2.75, 3.05) is 14.1 Å². The van der Waals surface area contributed by atoms with Crippen molar-refractivity contribution in [3.63, 3.8) is 0 Å². The van der Waals surface area contributed by atoms with Crippen LogP contribution in [0.1, 0.15) is 32.1 Å². The number of hydrogen-bond acceptors (Lipinski definition) is 3. The molecular weight excluding hydrogens is 224 g/mol. The smallest absolute Gasteiger partial charge is 0.244 e. The van der Waals surface area contributed by atoms with Crippen LogP contribution < -0.4 is 0 Å². The summed E-state index contributed by atoms with van der Waals surface area (Å²) in [5.74, 6) is 0.866. The number of aryl methyl sites for hydroxylation is 1. The predicted molar refractivity (Wildman–Crippen MR) is 64.8 cm³/mol. The highest BCUT2D eigenvalue weighted by Crippen LogP contribution is 2.13. The fourth-order valence-electron chi connectivity index (χ4n) is 1.62. The maximum atomic E-state index is 11.9. The number of aromatic amines is 1. The van der Waals surface area contributed by atoms with Crippen LogP contribution in [-0.4, -0.2) is 39.7 Å². The number of amides is 1. The molecule has 1 unspecified atom stereocenters. The van der Waals surface area contributed by atoms with Crippen molar-refractivity contribution in [1.82, 2.24) is 19.7 Å². The summed E-state index contributed by atoms with van der Waals surface area (Å²) in [4.78, 5) is 13.4. The number of carbonyl (C=O) groups excluding carboxylic acids is 1. The summed E-state index contributed by atoms with van der Waals surface area (Å²) in [5, 5.41) is 6.89. The van der Waals surface area contributed by atoms with Crippen molar-refractivity contribution in [3.05, 3.63) is 10.6 Å². The van der Waals surface area contributed by atoms with E-state index in [1.54, 1.807) is 23.6 Å². The minimum absolute atomic E-state index is 0.0230. The molecule has 0 saturated carbocycles. The van der Waals surface area contributed by atoms with Gasteiger partial charge in [0, 0.05) is 20.5 Å². The van der Waals surface area contributed by atoms with E-state index in [1.807, 2.05) is 6.92 Å². The fourth-order valence-corrected chi connectivity index (χ4v) is 1.93. The predicted octanol–water partition coefficient (Wildman–Crippen LogP) is 1.54. The first-order valence-electron chi connectivity index (χ1n) is 5.36. The Morgan fingerprint density at radius 1 is 1.62 bits per heavy atom. The number of likely N-dealkylation sites (N-methyl/N-ethyl adjacent to an activating group) is 1. The van der Waals surface area contributed by atoms with E-state index >= 15 is 0 Å². The first-order valence-corrected chi connectivity index (χ1v) is 5.76. The minimum Gasteiger partial charge on any atom is -0.347 e. The maximum Gasteiger partial charge on any atom is 0.244 e. The fraction of sp³-hybridized carbons (Fsp3) is 0.700. The average Bonchev–Trinajstić information content (AvgIpc) is 2.58. The first kappa shape index (κ1) is 12.9. The molecule has 0 aliphatic rings. The Morgan fingerprint density at radius 2 is 2.25 bits per heavy atom. The third-order valence-corrected chi connectivity index (χ3v) is 2.72. The van der Waals surface area contributed by atoms with Crippen molar-refractivity contribution in [1.29, 1.82) is 0 Å². The Hall–Kier alpha value is -1.17. The van der Waals surface area contributed by atoms with Crippen LogP contribution >= 0.6 is 12.2 Å². The van der Waals surface area contributed by atoms with Crippen LogP contribution in [-0.2, 0) is 11.2 Å². The lowest BCUT2D eigenvalue weighted by Crippen LogP contribution is -2.30. The van der Waals surface area contributed by atoms with Crippen molar-refractivity contribution in [2.45, 2.75) is 32.7 Å². The Labute approximate surface area is 100 Å². The SMILES string of the molecule is CCCc1n[nH]c(=S)n1C(C)C(=O)N(C)C. The molecule has 1 atom stereocenters.